The second-order valence-electron chi connectivity index (χ2n) is 6.65. The van der Waals surface area contributed by atoms with Gasteiger partial charge < -0.3 is 18.3 Å². The smallest absolute Gasteiger partial charge is 0.370 e. The van der Waals surface area contributed by atoms with Crippen molar-refractivity contribution < 1.29 is 23.1 Å². The molecule has 0 aliphatic carbocycles. The predicted molar refractivity (Wildman–Crippen MR) is 97.0 cm³/mol. The second-order valence-corrected chi connectivity index (χ2v) is 10.4. The van der Waals surface area contributed by atoms with Crippen molar-refractivity contribution in [3.8, 4) is 0 Å². The van der Waals surface area contributed by atoms with Gasteiger partial charge in [-0.25, -0.2) is 4.79 Å². The van der Waals surface area contributed by atoms with E-state index in [9.17, 15) is 4.79 Å². The topological polar surface area (TPSA) is 54.0 Å². The first kappa shape index (κ1) is 21.3. The average molecular weight is 359 g/mol. The lowest BCUT2D eigenvalue weighted by Crippen LogP contribution is -2.64. The fourth-order valence-corrected chi connectivity index (χ4v) is 7.59. The summed E-state index contributed by atoms with van der Waals surface area (Å²) in [4.78, 5) is 11.3. The summed E-state index contributed by atoms with van der Waals surface area (Å²) < 4.78 is 22.9. The van der Waals surface area contributed by atoms with Gasteiger partial charge in [-0.2, -0.15) is 0 Å². The maximum absolute atomic E-state index is 11.3. The molecule has 0 N–H and O–H groups in total. The standard InChI is InChI=1S/C18H34O5Si/c1-16(2)17(19)23-14-10-7-6-8-12-18(20-3)13-9-11-15-24(18,21-4)22-5/h1,6-15H2,2-5H3. The number of unbranched alkanes of at least 4 members (excludes halogenated alkanes) is 3. The molecule has 1 aliphatic rings. The molecule has 0 saturated carbocycles. The first-order chi connectivity index (χ1) is 11.5. The van der Waals surface area contributed by atoms with Crippen molar-refractivity contribution in [2.75, 3.05) is 27.9 Å². The van der Waals surface area contributed by atoms with Crippen LogP contribution in [0.25, 0.3) is 0 Å². The van der Waals surface area contributed by atoms with Crippen molar-refractivity contribution in [2.45, 2.75) is 69.6 Å². The van der Waals surface area contributed by atoms with Crippen LogP contribution in [0, 0.1) is 0 Å². The van der Waals surface area contributed by atoms with E-state index in [-0.39, 0.29) is 11.2 Å². The second kappa shape index (κ2) is 10.3. The lowest BCUT2D eigenvalue weighted by molar-refractivity contribution is -0.139. The molecule has 1 aliphatic heterocycles. The summed E-state index contributed by atoms with van der Waals surface area (Å²) in [6.45, 7) is 5.71. The maximum Gasteiger partial charge on any atom is 0.370 e. The van der Waals surface area contributed by atoms with Crippen LogP contribution in [-0.4, -0.2) is 47.7 Å². The van der Waals surface area contributed by atoms with Gasteiger partial charge in [0, 0.05) is 26.9 Å². The molecule has 0 aromatic rings. The van der Waals surface area contributed by atoms with E-state index in [1.54, 1.807) is 28.3 Å². The molecule has 0 radical (unpaired) electrons. The molecule has 24 heavy (non-hydrogen) atoms. The molecular weight excluding hydrogens is 324 g/mol. The van der Waals surface area contributed by atoms with Crippen LogP contribution < -0.4 is 0 Å². The quantitative estimate of drug-likeness (QED) is 0.243. The molecular formula is C18H34O5Si. The molecule has 0 bridgehead atoms. The van der Waals surface area contributed by atoms with Crippen molar-refractivity contribution in [2.24, 2.45) is 0 Å². The SMILES string of the molecule is C=C(C)C(=O)OCCCCCCC1(OC)CCCC[Si]1(OC)OC. The first-order valence-corrected chi connectivity index (χ1v) is 11.0. The Kier molecular flexibility index (Phi) is 9.19. The van der Waals surface area contributed by atoms with E-state index >= 15 is 0 Å². The normalized spacial score (nSPS) is 23.0. The maximum atomic E-state index is 11.3. The zero-order valence-corrected chi connectivity index (χ0v) is 16.8. The molecule has 5 nitrogen and oxygen atoms in total. The highest BCUT2D eigenvalue weighted by Gasteiger charge is 2.58. The molecule has 140 valence electrons. The Morgan fingerprint density at radius 3 is 2.33 bits per heavy atom. The number of carbonyl (C=O) groups excluding carboxylic acids is 1. The fraction of sp³-hybridized carbons (Fsp3) is 0.833. The number of carbonyl (C=O) groups is 1. The van der Waals surface area contributed by atoms with Crippen molar-refractivity contribution in [3.63, 3.8) is 0 Å². The molecule has 0 aromatic carbocycles. The van der Waals surface area contributed by atoms with Crippen molar-refractivity contribution >= 4 is 14.5 Å². The van der Waals surface area contributed by atoms with E-state index in [4.69, 9.17) is 18.3 Å². The van der Waals surface area contributed by atoms with Crippen molar-refractivity contribution in [3.05, 3.63) is 12.2 Å². The van der Waals surface area contributed by atoms with Gasteiger partial charge in [-0.1, -0.05) is 38.7 Å². The van der Waals surface area contributed by atoms with Gasteiger partial charge in [0.1, 0.15) is 5.22 Å². The van der Waals surface area contributed by atoms with Gasteiger partial charge >= 0.3 is 14.5 Å². The van der Waals surface area contributed by atoms with Gasteiger partial charge in [0.25, 0.3) is 0 Å². The zero-order chi connectivity index (χ0) is 18.1. The number of esters is 1. The Hall–Kier alpha value is -0.693. The molecule has 6 heteroatoms. The third-order valence-electron chi connectivity index (χ3n) is 5.14. The van der Waals surface area contributed by atoms with Gasteiger partial charge in [-0.05, 0) is 32.2 Å². The van der Waals surface area contributed by atoms with Crippen LogP contribution >= 0.6 is 0 Å². The van der Waals surface area contributed by atoms with Crippen LogP contribution in [0.3, 0.4) is 0 Å². The molecule has 0 amide bonds. The molecule has 1 fully saturated rings. The molecule has 1 rings (SSSR count). The number of hydrogen-bond acceptors (Lipinski definition) is 5. The van der Waals surface area contributed by atoms with Crippen LogP contribution in [0.15, 0.2) is 12.2 Å². The summed E-state index contributed by atoms with van der Waals surface area (Å²) in [7, 11) is 3.02. The van der Waals surface area contributed by atoms with Crippen LogP contribution in [0.4, 0.5) is 0 Å². The molecule has 1 saturated heterocycles. The summed E-state index contributed by atoms with van der Waals surface area (Å²) in [5.41, 5.74) is 0.453. The molecule has 0 aromatic heterocycles. The van der Waals surface area contributed by atoms with E-state index in [1.807, 2.05) is 0 Å². The first-order valence-electron chi connectivity index (χ1n) is 8.95. The summed E-state index contributed by atoms with van der Waals surface area (Å²) in [6.07, 6.45) is 8.42. The van der Waals surface area contributed by atoms with Crippen LogP contribution in [-0.2, 0) is 23.1 Å². The summed E-state index contributed by atoms with van der Waals surface area (Å²) >= 11 is 0. The summed E-state index contributed by atoms with van der Waals surface area (Å²) in [5, 5.41) is -0.235. The molecule has 1 heterocycles. The van der Waals surface area contributed by atoms with E-state index in [2.05, 4.69) is 6.58 Å². The zero-order valence-electron chi connectivity index (χ0n) is 15.8. The Morgan fingerprint density at radius 2 is 1.75 bits per heavy atom. The van der Waals surface area contributed by atoms with E-state index in [0.717, 1.165) is 51.0 Å². The third kappa shape index (κ3) is 5.15. The molecule has 0 spiro atoms. The number of rotatable bonds is 11. The van der Waals surface area contributed by atoms with Crippen molar-refractivity contribution in [1.29, 1.82) is 0 Å². The lowest BCUT2D eigenvalue weighted by atomic mass is 10.0. The molecule has 1 unspecified atom stereocenters. The number of ether oxygens (including phenoxy) is 2. The van der Waals surface area contributed by atoms with Crippen LogP contribution in [0.1, 0.15) is 58.3 Å². The van der Waals surface area contributed by atoms with Gasteiger partial charge in [-0.3, -0.25) is 0 Å². The van der Waals surface area contributed by atoms with Crippen LogP contribution in [0.5, 0.6) is 0 Å². The Balaban J connectivity index is 2.38. The van der Waals surface area contributed by atoms with Gasteiger partial charge in [-0.15, -0.1) is 0 Å². The third-order valence-corrected chi connectivity index (χ3v) is 9.56. The van der Waals surface area contributed by atoms with E-state index in [1.165, 1.54) is 6.42 Å². The van der Waals surface area contributed by atoms with Crippen molar-refractivity contribution in [1.82, 2.24) is 0 Å². The Morgan fingerprint density at radius 1 is 1.08 bits per heavy atom. The minimum absolute atomic E-state index is 0.235. The van der Waals surface area contributed by atoms with Gasteiger partial charge in [0.2, 0.25) is 0 Å². The van der Waals surface area contributed by atoms with Crippen LogP contribution in [0.2, 0.25) is 6.04 Å². The lowest BCUT2D eigenvalue weighted by Gasteiger charge is -2.48. The molecule has 1 atom stereocenters. The number of hydrogen-bond donors (Lipinski definition) is 0. The number of methoxy groups -OCH3 is 1. The van der Waals surface area contributed by atoms with Gasteiger partial charge in [0.15, 0.2) is 0 Å². The highest BCUT2D eigenvalue weighted by molar-refractivity contribution is 6.70. The Labute approximate surface area is 147 Å². The minimum Gasteiger partial charge on any atom is -0.462 e. The van der Waals surface area contributed by atoms with E-state index in [0.29, 0.717) is 12.2 Å². The monoisotopic (exact) mass is 358 g/mol. The van der Waals surface area contributed by atoms with E-state index < -0.39 is 8.56 Å². The average Bonchev–Trinajstić information content (AvgIpc) is 2.60. The minimum atomic E-state index is -2.31. The largest absolute Gasteiger partial charge is 0.462 e. The fourth-order valence-electron chi connectivity index (χ4n) is 3.68. The van der Waals surface area contributed by atoms with Gasteiger partial charge in [0.05, 0.1) is 6.61 Å². The Bertz CT molecular complexity index is 408. The highest BCUT2D eigenvalue weighted by Crippen LogP contribution is 2.43. The summed E-state index contributed by atoms with van der Waals surface area (Å²) in [5.74, 6) is -0.300. The predicted octanol–water partition coefficient (Wildman–Crippen LogP) is 3.90. The summed E-state index contributed by atoms with van der Waals surface area (Å²) in [6, 6.07) is 1.00. The highest BCUT2D eigenvalue weighted by atomic mass is 28.4.